The molecule has 63 heavy (non-hydrogen) atoms. The second-order valence-corrected chi connectivity index (χ2v) is 17.8. The van der Waals surface area contributed by atoms with Gasteiger partial charge in [-0.05, 0) is 45.5 Å². The molecule has 0 saturated heterocycles. The molecular weight excluding hydrogens is 958 g/mol. The third-order valence-corrected chi connectivity index (χ3v) is 11.3. The number of fused-ring (bicyclic) bond motifs is 4. The van der Waals surface area contributed by atoms with Gasteiger partial charge in [-0.25, -0.2) is 19.9 Å². The van der Waals surface area contributed by atoms with Gasteiger partial charge in [0.25, 0.3) is 11.4 Å². The molecule has 1 aliphatic heterocycles. The number of benzene rings is 6. The van der Waals surface area contributed by atoms with Crippen molar-refractivity contribution in [2.45, 2.75) is 52.4 Å². The smallest absolute Gasteiger partial charge is 0.508 e. The van der Waals surface area contributed by atoms with Gasteiger partial charge in [-0.2, -0.15) is 0 Å². The van der Waals surface area contributed by atoms with Crippen LogP contribution >= 0.6 is 0 Å². The van der Waals surface area contributed by atoms with Gasteiger partial charge in [0.05, 0.1) is 0 Å². The van der Waals surface area contributed by atoms with E-state index in [0.717, 1.165) is 61.4 Å². The van der Waals surface area contributed by atoms with E-state index >= 15 is 0 Å². The molecule has 0 fully saturated rings. The van der Waals surface area contributed by atoms with E-state index in [1.165, 1.54) is 5.56 Å². The van der Waals surface area contributed by atoms with Crippen LogP contribution < -0.4 is 9.31 Å². The first-order valence-corrected chi connectivity index (χ1v) is 20.9. The van der Waals surface area contributed by atoms with Gasteiger partial charge < -0.3 is 9.30 Å². The van der Waals surface area contributed by atoms with Crippen LogP contribution in [-0.4, -0.2) is 42.1 Å². The third-order valence-electron chi connectivity index (χ3n) is 11.3. The normalized spacial score (nSPS) is 12.5. The van der Waals surface area contributed by atoms with Crippen molar-refractivity contribution in [3.63, 3.8) is 0 Å². The SMILES string of the molecule is C[N+]1=C=[N+](c2[c-]c(Oc3[c-]c4c(cc3-c3nc(-c5ccccc5)nc(-c5ccccc5)n3)c3ccccc3n4-c3cc(C(C)(C)C)ccn3)cc(C(C)(C)C)c2)c2ccccc21.[Pt+2]. The maximum atomic E-state index is 7.17. The fourth-order valence-corrected chi connectivity index (χ4v) is 7.96. The standard InChI is InChI=1S/C54H45N7O.Pt/c1-53(2,3)37-26-27-55-49(30-37)61-44-23-15-14-22-41(44)42-32-43(52-57-50(35-18-10-8-11-19-35)56-51(58-52)36-20-12-9-13-21-36)48(33-47(42)61)62-40-29-38(54(4,5)6)28-39(31-40)60-34-59(7)45-24-16-17-25-46(45)60;/h8-30,32H,1-7H3;/q;+2. The quantitative estimate of drug-likeness (QED) is 0.117. The molecule has 3 aromatic heterocycles. The van der Waals surface area contributed by atoms with E-state index in [-0.39, 0.29) is 31.9 Å². The van der Waals surface area contributed by atoms with Gasteiger partial charge in [-0.1, -0.05) is 159 Å². The van der Waals surface area contributed by atoms with Crippen molar-refractivity contribution in [1.82, 2.24) is 29.1 Å². The number of hydrogen-bond acceptors (Lipinski definition) is 5. The Labute approximate surface area is 382 Å². The van der Waals surface area contributed by atoms with Crippen LogP contribution in [0.4, 0.5) is 17.1 Å². The predicted octanol–water partition coefficient (Wildman–Crippen LogP) is 12.6. The molecule has 9 heteroatoms. The Morgan fingerprint density at radius 2 is 1.21 bits per heavy atom. The van der Waals surface area contributed by atoms with Crippen LogP contribution in [0.3, 0.4) is 0 Å². The van der Waals surface area contributed by atoms with Gasteiger partial charge in [0.1, 0.15) is 17.3 Å². The van der Waals surface area contributed by atoms with Crippen molar-refractivity contribution in [3.8, 4) is 51.5 Å². The second kappa shape index (κ2) is 16.1. The minimum Gasteiger partial charge on any atom is -0.508 e. The van der Waals surface area contributed by atoms with E-state index in [4.69, 9.17) is 24.7 Å². The maximum absolute atomic E-state index is 7.17. The first kappa shape index (κ1) is 41.5. The predicted molar refractivity (Wildman–Crippen MR) is 249 cm³/mol. The van der Waals surface area contributed by atoms with E-state index < -0.39 is 0 Å². The van der Waals surface area contributed by atoms with E-state index in [0.29, 0.717) is 34.5 Å². The molecule has 0 bridgehead atoms. The van der Waals surface area contributed by atoms with Crippen LogP contribution in [0.15, 0.2) is 146 Å². The minimum atomic E-state index is -0.219. The zero-order chi connectivity index (χ0) is 42.8. The molecule has 1 aliphatic rings. The molecule has 8 nitrogen and oxygen atoms in total. The summed E-state index contributed by atoms with van der Waals surface area (Å²) in [5.74, 6) is 3.32. The van der Waals surface area contributed by atoms with Crippen molar-refractivity contribution in [2.75, 3.05) is 7.05 Å². The van der Waals surface area contributed by atoms with Gasteiger partial charge in [0.15, 0.2) is 18.7 Å². The van der Waals surface area contributed by atoms with Crippen LogP contribution in [0, 0.1) is 12.1 Å². The number of para-hydroxylation sites is 3. The van der Waals surface area contributed by atoms with Crippen molar-refractivity contribution < 1.29 is 30.4 Å². The Morgan fingerprint density at radius 1 is 0.603 bits per heavy atom. The molecular formula is C54H45N7OPt+2. The van der Waals surface area contributed by atoms with Gasteiger partial charge in [-0.15, -0.1) is 29.1 Å². The maximum Gasteiger partial charge on any atom is 2.00 e. The van der Waals surface area contributed by atoms with Crippen molar-refractivity contribution in [1.29, 1.82) is 0 Å². The summed E-state index contributed by atoms with van der Waals surface area (Å²) < 4.78 is 13.4. The summed E-state index contributed by atoms with van der Waals surface area (Å²) in [6.07, 6.45) is 1.89. The first-order valence-electron chi connectivity index (χ1n) is 20.9. The number of nitrogens with zero attached hydrogens (tertiary/aromatic N) is 7. The molecule has 0 spiro atoms. The number of aromatic nitrogens is 5. The molecule has 0 saturated carbocycles. The Kier molecular flexibility index (Phi) is 10.6. The Bertz CT molecular complexity index is 3220. The number of ether oxygens (including phenoxy) is 1. The summed E-state index contributed by atoms with van der Waals surface area (Å²) in [6, 6.07) is 58.2. The molecule has 0 unspecified atom stereocenters. The zero-order valence-corrected chi connectivity index (χ0v) is 38.5. The molecule has 9 aromatic rings. The Morgan fingerprint density at radius 3 is 1.87 bits per heavy atom. The fourth-order valence-electron chi connectivity index (χ4n) is 7.96. The summed E-state index contributed by atoms with van der Waals surface area (Å²) in [5, 5.41) is 2.00. The molecule has 0 atom stereocenters. The minimum absolute atomic E-state index is 0. The van der Waals surface area contributed by atoms with Gasteiger partial charge in [-0.3, -0.25) is 0 Å². The second-order valence-electron chi connectivity index (χ2n) is 17.8. The fraction of sp³-hybridized carbons (Fsp3) is 0.167. The molecule has 310 valence electrons. The monoisotopic (exact) mass is 1000 g/mol. The van der Waals surface area contributed by atoms with Crippen LogP contribution in [0.25, 0.3) is 61.8 Å². The van der Waals surface area contributed by atoms with E-state index in [1.54, 1.807) is 0 Å². The van der Waals surface area contributed by atoms with Crippen LogP contribution in [-0.2, 0) is 31.9 Å². The number of pyridine rings is 1. The van der Waals surface area contributed by atoms with Crippen molar-refractivity contribution in [2.24, 2.45) is 0 Å². The average Bonchev–Trinajstić information content (AvgIpc) is 3.79. The van der Waals surface area contributed by atoms with Crippen molar-refractivity contribution in [3.05, 3.63) is 169 Å². The molecule has 4 heterocycles. The van der Waals surface area contributed by atoms with Crippen LogP contribution in [0.2, 0.25) is 0 Å². The first-order chi connectivity index (χ1) is 29.9. The van der Waals surface area contributed by atoms with E-state index in [1.807, 2.05) is 95.2 Å². The molecule has 0 aliphatic carbocycles. The van der Waals surface area contributed by atoms with E-state index in [9.17, 15) is 0 Å². The summed E-state index contributed by atoms with van der Waals surface area (Å²) in [6.45, 7) is 13.3. The Balaban J connectivity index is 0.00000504. The zero-order valence-electron chi connectivity index (χ0n) is 36.2. The molecule has 0 N–H and O–H groups in total. The topological polar surface area (TPSA) is 71.7 Å². The van der Waals surface area contributed by atoms with Gasteiger partial charge >= 0.3 is 27.1 Å². The largest absolute Gasteiger partial charge is 2.00 e. The summed E-state index contributed by atoms with van der Waals surface area (Å²) in [4.78, 5) is 20.3. The molecule has 6 aromatic carbocycles. The molecule has 10 rings (SSSR count). The summed E-state index contributed by atoms with van der Waals surface area (Å²) >= 11 is 0. The number of hydrogen-bond donors (Lipinski definition) is 0. The van der Waals surface area contributed by atoms with Gasteiger partial charge in [0.2, 0.25) is 0 Å². The molecule has 0 radical (unpaired) electrons. The van der Waals surface area contributed by atoms with Crippen LogP contribution in [0.1, 0.15) is 52.7 Å². The third kappa shape index (κ3) is 7.82. The average molecular weight is 1000 g/mol. The van der Waals surface area contributed by atoms with E-state index in [2.05, 4.69) is 131 Å². The van der Waals surface area contributed by atoms with Crippen molar-refractivity contribution >= 4 is 44.9 Å². The summed E-state index contributed by atoms with van der Waals surface area (Å²) in [7, 11) is 2.01. The summed E-state index contributed by atoms with van der Waals surface area (Å²) in [5.41, 5.74) is 9.05. The molecule has 0 amide bonds. The Hall–Kier alpha value is -6.85. The van der Waals surface area contributed by atoms with Gasteiger partial charge in [0, 0.05) is 46.5 Å². The van der Waals surface area contributed by atoms with Crippen LogP contribution in [0.5, 0.6) is 11.5 Å². The number of rotatable bonds is 7.